The highest BCUT2D eigenvalue weighted by atomic mass is 16.3. The van der Waals surface area contributed by atoms with Crippen molar-refractivity contribution >= 4 is 11.8 Å². The Balaban J connectivity index is 1.43. The number of amides is 2. The Bertz CT molecular complexity index is 606. The Morgan fingerprint density at radius 1 is 1.04 bits per heavy atom. The van der Waals surface area contributed by atoms with Crippen LogP contribution in [0.25, 0.3) is 0 Å². The molecule has 0 saturated carbocycles. The quantitative estimate of drug-likeness (QED) is 0.826. The molecule has 0 radical (unpaired) electrons. The van der Waals surface area contributed by atoms with Crippen molar-refractivity contribution in [2.75, 3.05) is 32.7 Å². The molecule has 0 aliphatic carbocycles. The maximum Gasteiger partial charge on any atom is 0.236 e. The molecule has 2 aliphatic rings. The molecule has 1 unspecified atom stereocenters. The standard InChI is InChI=1S/C20H29N3O3/c21-20(26)17-8-12-23(13-9-17)18(24)14-22-10-6-16(7-11-22)19(25)15-4-2-1-3-5-15/h1-5,16-17,19,25H,6-14H2,(H2,21,26). The molecule has 26 heavy (non-hydrogen) atoms. The van der Waals surface area contributed by atoms with Crippen LogP contribution in [0.5, 0.6) is 0 Å². The maximum atomic E-state index is 12.5. The summed E-state index contributed by atoms with van der Waals surface area (Å²) in [6.07, 6.45) is 2.71. The van der Waals surface area contributed by atoms with E-state index in [0.717, 1.165) is 31.5 Å². The van der Waals surface area contributed by atoms with Crippen LogP contribution in [0, 0.1) is 11.8 Å². The van der Waals surface area contributed by atoms with Gasteiger partial charge in [0.05, 0.1) is 12.6 Å². The minimum atomic E-state index is -0.429. The van der Waals surface area contributed by atoms with Crippen LogP contribution in [-0.2, 0) is 9.59 Å². The second-order valence-corrected chi connectivity index (χ2v) is 7.53. The van der Waals surface area contributed by atoms with E-state index >= 15 is 0 Å². The first-order valence-corrected chi connectivity index (χ1v) is 9.57. The number of piperidine rings is 2. The van der Waals surface area contributed by atoms with Crippen LogP contribution in [0.1, 0.15) is 37.4 Å². The van der Waals surface area contributed by atoms with Crippen LogP contribution >= 0.6 is 0 Å². The molecule has 2 fully saturated rings. The summed E-state index contributed by atoms with van der Waals surface area (Å²) in [5.74, 6) is 0.0375. The Hall–Kier alpha value is -1.92. The Morgan fingerprint density at radius 3 is 2.23 bits per heavy atom. The Morgan fingerprint density at radius 2 is 1.65 bits per heavy atom. The fourth-order valence-electron chi connectivity index (χ4n) is 4.05. The molecule has 0 aromatic heterocycles. The van der Waals surface area contributed by atoms with Gasteiger partial charge < -0.3 is 15.7 Å². The van der Waals surface area contributed by atoms with Crippen LogP contribution in [0.3, 0.4) is 0 Å². The van der Waals surface area contributed by atoms with Gasteiger partial charge in [-0.05, 0) is 50.3 Å². The van der Waals surface area contributed by atoms with Gasteiger partial charge in [-0.3, -0.25) is 14.5 Å². The summed E-state index contributed by atoms with van der Waals surface area (Å²) in [7, 11) is 0. The monoisotopic (exact) mass is 359 g/mol. The van der Waals surface area contributed by atoms with Gasteiger partial charge in [0.25, 0.3) is 0 Å². The third kappa shape index (κ3) is 4.62. The molecule has 1 atom stereocenters. The topological polar surface area (TPSA) is 86.9 Å². The number of carbonyl (C=O) groups excluding carboxylic acids is 2. The van der Waals surface area contributed by atoms with Crippen molar-refractivity contribution < 1.29 is 14.7 Å². The van der Waals surface area contributed by atoms with E-state index in [1.807, 2.05) is 35.2 Å². The first-order chi connectivity index (χ1) is 12.5. The van der Waals surface area contributed by atoms with Crippen LogP contribution in [0.2, 0.25) is 0 Å². The Kier molecular flexibility index (Phi) is 6.27. The zero-order valence-corrected chi connectivity index (χ0v) is 15.2. The average molecular weight is 359 g/mol. The number of likely N-dealkylation sites (tertiary alicyclic amines) is 2. The van der Waals surface area contributed by atoms with E-state index in [1.54, 1.807) is 0 Å². The second-order valence-electron chi connectivity index (χ2n) is 7.53. The van der Waals surface area contributed by atoms with E-state index in [2.05, 4.69) is 4.90 Å². The lowest BCUT2D eigenvalue weighted by Gasteiger charge is -2.36. The number of aliphatic hydroxyl groups excluding tert-OH is 1. The van der Waals surface area contributed by atoms with Gasteiger partial charge in [0.1, 0.15) is 0 Å². The first kappa shape index (κ1) is 18.9. The molecule has 0 spiro atoms. The van der Waals surface area contributed by atoms with Gasteiger partial charge in [0.15, 0.2) is 0 Å². The van der Waals surface area contributed by atoms with Gasteiger partial charge in [-0.1, -0.05) is 30.3 Å². The highest BCUT2D eigenvalue weighted by Gasteiger charge is 2.29. The van der Waals surface area contributed by atoms with E-state index in [1.165, 1.54) is 0 Å². The lowest BCUT2D eigenvalue weighted by molar-refractivity contribution is -0.136. The van der Waals surface area contributed by atoms with E-state index in [9.17, 15) is 14.7 Å². The first-order valence-electron chi connectivity index (χ1n) is 9.57. The minimum Gasteiger partial charge on any atom is -0.388 e. The summed E-state index contributed by atoms with van der Waals surface area (Å²) < 4.78 is 0. The van der Waals surface area contributed by atoms with E-state index in [4.69, 9.17) is 5.73 Å². The van der Waals surface area contributed by atoms with Crippen molar-refractivity contribution in [2.24, 2.45) is 17.6 Å². The smallest absolute Gasteiger partial charge is 0.236 e. The number of primary amides is 1. The summed E-state index contributed by atoms with van der Waals surface area (Å²) in [5, 5.41) is 10.6. The molecule has 0 bridgehead atoms. The fraction of sp³-hybridized carbons (Fsp3) is 0.600. The molecule has 3 rings (SSSR count). The van der Waals surface area contributed by atoms with Crippen LogP contribution < -0.4 is 5.73 Å². The number of hydrogen-bond acceptors (Lipinski definition) is 4. The molecule has 3 N–H and O–H groups in total. The van der Waals surface area contributed by atoms with Gasteiger partial charge in [0.2, 0.25) is 11.8 Å². The van der Waals surface area contributed by atoms with Crippen LogP contribution in [0.4, 0.5) is 0 Å². The predicted molar refractivity (Wildman–Crippen MR) is 99.1 cm³/mol. The highest BCUT2D eigenvalue weighted by molar-refractivity contribution is 5.80. The number of aliphatic hydroxyl groups is 1. The van der Waals surface area contributed by atoms with Gasteiger partial charge >= 0.3 is 0 Å². The molecular formula is C20H29N3O3. The maximum absolute atomic E-state index is 12.5. The van der Waals surface area contributed by atoms with Crippen LogP contribution in [-0.4, -0.2) is 59.4 Å². The molecule has 1 aromatic rings. The average Bonchev–Trinajstić information content (AvgIpc) is 2.68. The molecular weight excluding hydrogens is 330 g/mol. The molecule has 6 heteroatoms. The van der Waals surface area contributed by atoms with Gasteiger partial charge in [-0.15, -0.1) is 0 Å². The zero-order valence-electron chi connectivity index (χ0n) is 15.2. The summed E-state index contributed by atoms with van der Waals surface area (Å²) in [4.78, 5) is 27.8. The molecule has 2 saturated heterocycles. The fourth-order valence-corrected chi connectivity index (χ4v) is 4.05. The van der Waals surface area contributed by atoms with Crippen molar-refractivity contribution in [2.45, 2.75) is 31.8 Å². The molecule has 2 amide bonds. The second kappa shape index (κ2) is 8.64. The third-order valence-corrected chi connectivity index (χ3v) is 5.83. The number of benzene rings is 1. The summed E-state index contributed by atoms with van der Waals surface area (Å²) in [6, 6.07) is 9.80. The summed E-state index contributed by atoms with van der Waals surface area (Å²) >= 11 is 0. The Labute approximate surface area is 155 Å². The highest BCUT2D eigenvalue weighted by Crippen LogP contribution is 2.30. The molecule has 1 aromatic carbocycles. The largest absolute Gasteiger partial charge is 0.388 e. The lowest BCUT2D eigenvalue weighted by atomic mass is 9.87. The molecule has 2 aliphatic heterocycles. The summed E-state index contributed by atoms with van der Waals surface area (Å²) in [5.41, 5.74) is 6.32. The van der Waals surface area contributed by atoms with Gasteiger partial charge in [-0.2, -0.15) is 0 Å². The third-order valence-electron chi connectivity index (χ3n) is 5.83. The zero-order chi connectivity index (χ0) is 18.5. The van der Waals surface area contributed by atoms with E-state index in [0.29, 0.717) is 32.5 Å². The number of carbonyl (C=O) groups is 2. The van der Waals surface area contributed by atoms with Crippen molar-refractivity contribution in [3.05, 3.63) is 35.9 Å². The number of nitrogens with two attached hydrogens (primary N) is 1. The van der Waals surface area contributed by atoms with Crippen molar-refractivity contribution in [1.29, 1.82) is 0 Å². The van der Waals surface area contributed by atoms with Gasteiger partial charge in [-0.25, -0.2) is 0 Å². The van der Waals surface area contributed by atoms with E-state index in [-0.39, 0.29) is 23.7 Å². The van der Waals surface area contributed by atoms with Crippen molar-refractivity contribution in [3.8, 4) is 0 Å². The van der Waals surface area contributed by atoms with Crippen LogP contribution in [0.15, 0.2) is 30.3 Å². The lowest BCUT2D eigenvalue weighted by Crippen LogP contribution is -2.47. The minimum absolute atomic E-state index is 0.0886. The van der Waals surface area contributed by atoms with Gasteiger partial charge in [0, 0.05) is 19.0 Å². The van der Waals surface area contributed by atoms with Crippen molar-refractivity contribution in [1.82, 2.24) is 9.80 Å². The number of hydrogen-bond donors (Lipinski definition) is 2. The number of rotatable bonds is 5. The molecule has 2 heterocycles. The normalized spacial score (nSPS) is 21.5. The molecule has 6 nitrogen and oxygen atoms in total. The number of nitrogens with zero attached hydrogens (tertiary/aromatic N) is 2. The van der Waals surface area contributed by atoms with E-state index < -0.39 is 6.10 Å². The summed E-state index contributed by atoms with van der Waals surface area (Å²) in [6.45, 7) is 3.33. The SMILES string of the molecule is NC(=O)C1CCN(C(=O)CN2CCC(C(O)c3ccccc3)CC2)CC1. The predicted octanol–water partition coefficient (Wildman–Crippen LogP) is 1.16. The molecule has 142 valence electrons. The van der Waals surface area contributed by atoms with Crippen molar-refractivity contribution in [3.63, 3.8) is 0 Å².